The van der Waals surface area contributed by atoms with Crippen molar-refractivity contribution in [2.75, 3.05) is 0 Å². The monoisotopic (exact) mass is 347 g/mol. The molecule has 0 aliphatic carbocycles. The van der Waals surface area contributed by atoms with E-state index in [4.69, 9.17) is 0 Å². The van der Waals surface area contributed by atoms with Crippen LogP contribution in [0.1, 0.15) is 11.1 Å². The Bertz CT molecular complexity index is 974. The summed E-state index contributed by atoms with van der Waals surface area (Å²) in [5.74, 6) is 2.94. The van der Waals surface area contributed by atoms with E-state index in [1.165, 1.54) is 4.31 Å². The summed E-state index contributed by atoms with van der Waals surface area (Å²) in [6, 6.07) is 30.0. The summed E-state index contributed by atoms with van der Waals surface area (Å²) in [5.41, 5.74) is 1.65. The predicted octanol–water partition coefficient (Wildman–Crippen LogP) is 3.89. The van der Waals surface area contributed by atoms with Crippen molar-refractivity contribution in [1.82, 2.24) is 4.31 Å². The lowest BCUT2D eigenvalue weighted by molar-refractivity contribution is 0.508. The summed E-state index contributed by atoms with van der Waals surface area (Å²) in [5, 5.41) is 0. The van der Waals surface area contributed by atoms with Gasteiger partial charge in [0.15, 0.2) is 0 Å². The van der Waals surface area contributed by atoms with Crippen molar-refractivity contribution >= 4 is 10.0 Å². The molecule has 3 aromatic carbocycles. The molecule has 25 heavy (non-hydrogen) atoms. The molecule has 0 aromatic heterocycles. The van der Waals surface area contributed by atoms with E-state index in [1.54, 1.807) is 30.3 Å². The SMILES string of the molecule is O=S(=O)(c1ccccc1)N(C#Cc1ccccc1)Cc1ccccc1. The fraction of sp³-hybridized carbons (Fsp3) is 0.0476. The lowest BCUT2D eigenvalue weighted by Gasteiger charge is -2.18. The molecule has 3 nitrogen and oxygen atoms in total. The molecule has 0 fully saturated rings. The second-order valence-electron chi connectivity index (χ2n) is 5.41. The number of sulfonamides is 1. The van der Waals surface area contributed by atoms with Gasteiger partial charge in [-0.3, -0.25) is 0 Å². The van der Waals surface area contributed by atoms with Crippen LogP contribution in [0.2, 0.25) is 0 Å². The second kappa shape index (κ2) is 7.69. The number of nitrogens with zero attached hydrogens (tertiary/aromatic N) is 1. The van der Waals surface area contributed by atoms with Crippen LogP contribution in [-0.2, 0) is 16.6 Å². The van der Waals surface area contributed by atoms with Crippen LogP contribution in [0.3, 0.4) is 0 Å². The fourth-order valence-corrected chi connectivity index (χ4v) is 3.54. The first-order valence-electron chi connectivity index (χ1n) is 7.85. The topological polar surface area (TPSA) is 37.4 Å². The molecule has 4 heteroatoms. The van der Waals surface area contributed by atoms with Crippen LogP contribution in [0, 0.1) is 12.0 Å². The third-order valence-electron chi connectivity index (χ3n) is 3.60. The van der Waals surface area contributed by atoms with E-state index in [2.05, 4.69) is 12.0 Å². The Balaban J connectivity index is 1.99. The molecule has 0 atom stereocenters. The summed E-state index contributed by atoms with van der Waals surface area (Å²) in [4.78, 5) is 0.230. The van der Waals surface area contributed by atoms with Gasteiger partial charge in [0.05, 0.1) is 11.4 Å². The lowest BCUT2D eigenvalue weighted by atomic mass is 10.2. The van der Waals surface area contributed by atoms with Gasteiger partial charge in [-0.25, -0.2) is 12.7 Å². The van der Waals surface area contributed by atoms with Crippen LogP contribution >= 0.6 is 0 Å². The van der Waals surface area contributed by atoms with E-state index in [-0.39, 0.29) is 11.4 Å². The molecule has 0 spiro atoms. The molecule has 0 amide bonds. The minimum absolute atomic E-state index is 0.192. The van der Waals surface area contributed by atoms with Crippen LogP contribution < -0.4 is 0 Å². The zero-order valence-electron chi connectivity index (χ0n) is 13.5. The molecule has 0 heterocycles. The third-order valence-corrected chi connectivity index (χ3v) is 5.27. The lowest BCUT2D eigenvalue weighted by Crippen LogP contribution is -2.26. The molecular weight excluding hydrogens is 330 g/mol. The van der Waals surface area contributed by atoms with Gasteiger partial charge in [-0.15, -0.1) is 0 Å². The molecule has 0 N–H and O–H groups in total. The maximum Gasteiger partial charge on any atom is 0.271 e. The Morgan fingerprint density at radius 2 is 1.24 bits per heavy atom. The molecule has 0 aliphatic rings. The van der Waals surface area contributed by atoms with Gasteiger partial charge in [0.2, 0.25) is 0 Å². The van der Waals surface area contributed by atoms with E-state index in [0.29, 0.717) is 0 Å². The highest BCUT2D eigenvalue weighted by atomic mass is 32.2. The highest BCUT2D eigenvalue weighted by molar-refractivity contribution is 7.89. The molecule has 0 unspecified atom stereocenters. The molecule has 0 saturated heterocycles. The van der Waals surface area contributed by atoms with Gasteiger partial charge in [0, 0.05) is 11.6 Å². The highest BCUT2D eigenvalue weighted by Crippen LogP contribution is 2.17. The van der Waals surface area contributed by atoms with Crippen molar-refractivity contribution in [3.05, 3.63) is 102 Å². The van der Waals surface area contributed by atoms with Crippen molar-refractivity contribution in [1.29, 1.82) is 0 Å². The Morgan fingerprint density at radius 3 is 1.84 bits per heavy atom. The van der Waals surface area contributed by atoms with Gasteiger partial charge in [-0.1, -0.05) is 66.7 Å². The molecule has 0 aliphatic heterocycles. The maximum atomic E-state index is 13.0. The van der Waals surface area contributed by atoms with Gasteiger partial charge in [0.1, 0.15) is 0 Å². The predicted molar refractivity (Wildman–Crippen MR) is 98.9 cm³/mol. The average molecular weight is 347 g/mol. The van der Waals surface area contributed by atoms with E-state index >= 15 is 0 Å². The van der Waals surface area contributed by atoms with Crippen LogP contribution in [0.15, 0.2) is 95.9 Å². The van der Waals surface area contributed by atoms with E-state index in [1.807, 2.05) is 60.7 Å². The van der Waals surface area contributed by atoms with Crippen molar-refractivity contribution in [2.45, 2.75) is 11.4 Å². The summed E-state index contributed by atoms with van der Waals surface area (Å²) < 4.78 is 27.2. The Morgan fingerprint density at radius 1 is 0.720 bits per heavy atom. The molecule has 3 aromatic rings. The molecule has 0 bridgehead atoms. The van der Waals surface area contributed by atoms with E-state index < -0.39 is 10.0 Å². The minimum Gasteiger partial charge on any atom is -0.220 e. The fourth-order valence-electron chi connectivity index (χ4n) is 2.30. The summed E-state index contributed by atoms with van der Waals surface area (Å²) in [7, 11) is -3.71. The summed E-state index contributed by atoms with van der Waals surface area (Å²) in [6.07, 6.45) is 0. The third kappa shape index (κ3) is 4.28. The van der Waals surface area contributed by atoms with Gasteiger partial charge < -0.3 is 0 Å². The van der Waals surface area contributed by atoms with Crippen molar-refractivity contribution < 1.29 is 8.42 Å². The Hall–Kier alpha value is -3.03. The normalized spacial score (nSPS) is 10.6. The van der Waals surface area contributed by atoms with Gasteiger partial charge in [0.25, 0.3) is 10.0 Å². The number of rotatable bonds is 4. The van der Waals surface area contributed by atoms with Crippen LogP contribution in [0.25, 0.3) is 0 Å². The van der Waals surface area contributed by atoms with Gasteiger partial charge >= 0.3 is 0 Å². The maximum absolute atomic E-state index is 13.0. The molecule has 0 saturated carbocycles. The van der Waals surface area contributed by atoms with Crippen molar-refractivity contribution in [3.63, 3.8) is 0 Å². The number of hydrogen-bond acceptors (Lipinski definition) is 2. The van der Waals surface area contributed by atoms with Crippen LogP contribution in [-0.4, -0.2) is 12.7 Å². The van der Waals surface area contributed by atoms with Gasteiger partial charge in [-0.05, 0) is 35.7 Å². The van der Waals surface area contributed by atoms with Gasteiger partial charge in [-0.2, -0.15) is 0 Å². The molecule has 0 radical (unpaired) electrons. The van der Waals surface area contributed by atoms with E-state index in [9.17, 15) is 8.42 Å². The number of hydrogen-bond donors (Lipinski definition) is 0. The largest absolute Gasteiger partial charge is 0.271 e. The average Bonchev–Trinajstić information content (AvgIpc) is 2.67. The summed E-state index contributed by atoms with van der Waals surface area (Å²) in [6.45, 7) is 0.192. The van der Waals surface area contributed by atoms with Crippen molar-refractivity contribution in [3.8, 4) is 12.0 Å². The number of benzene rings is 3. The molecular formula is C21H17NO2S. The quantitative estimate of drug-likeness (QED) is 0.530. The Kier molecular flexibility index (Phi) is 5.17. The first-order valence-corrected chi connectivity index (χ1v) is 9.29. The zero-order chi connectivity index (χ0) is 17.5. The van der Waals surface area contributed by atoms with Crippen molar-refractivity contribution in [2.24, 2.45) is 0 Å². The van der Waals surface area contributed by atoms with E-state index in [0.717, 1.165) is 11.1 Å². The molecule has 3 rings (SSSR count). The standard InChI is InChI=1S/C21H17NO2S/c23-25(24,21-14-8-3-9-15-21)22(18-20-12-6-2-7-13-20)17-16-19-10-4-1-5-11-19/h1-15H,18H2. The zero-order valence-corrected chi connectivity index (χ0v) is 14.4. The molecule has 124 valence electrons. The highest BCUT2D eigenvalue weighted by Gasteiger charge is 2.22. The van der Waals surface area contributed by atoms with Crippen LogP contribution in [0.4, 0.5) is 0 Å². The smallest absolute Gasteiger partial charge is 0.220 e. The Labute approximate surface area is 148 Å². The minimum atomic E-state index is -3.71. The first-order chi connectivity index (χ1) is 12.2. The summed E-state index contributed by atoms with van der Waals surface area (Å²) >= 11 is 0. The van der Waals surface area contributed by atoms with Crippen LogP contribution in [0.5, 0.6) is 0 Å². The first kappa shape index (κ1) is 16.8. The second-order valence-corrected chi connectivity index (χ2v) is 7.28.